The molecule has 1 atom stereocenters. The summed E-state index contributed by atoms with van der Waals surface area (Å²) in [7, 11) is 4.16. The number of hydrogen-bond donors (Lipinski definition) is 1. The van der Waals surface area contributed by atoms with E-state index in [1.54, 1.807) is 0 Å². The van der Waals surface area contributed by atoms with Gasteiger partial charge in [0.2, 0.25) is 0 Å². The van der Waals surface area contributed by atoms with E-state index in [0.717, 1.165) is 57.0 Å². The Morgan fingerprint density at radius 2 is 1.79 bits per heavy atom. The van der Waals surface area contributed by atoms with E-state index < -0.39 is 23.1 Å². The molecule has 0 saturated carbocycles. The second kappa shape index (κ2) is 11.8. The molecule has 1 saturated heterocycles. The first-order valence-corrected chi connectivity index (χ1v) is 12.0. The van der Waals surface area contributed by atoms with Gasteiger partial charge in [-0.1, -0.05) is 12.1 Å². The van der Waals surface area contributed by atoms with E-state index in [1.807, 2.05) is 0 Å². The largest absolute Gasteiger partial charge is 0.493 e. The molecule has 7 heteroatoms. The maximum atomic E-state index is 13.8. The van der Waals surface area contributed by atoms with Crippen LogP contribution in [0.2, 0.25) is 0 Å². The fourth-order valence-corrected chi connectivity index (χ4v) is 4.43. The van der Waals surface area contributed by atoms with Gasteiger partial charge in [0, 0.05) is 31.6 Å². The third-order valence-corrected chi connectivity index (χ3v) is 6.76. The number of nitrogens with zero attached hydrogens (tertiary/aromatic N) is 2. The van der Waals surface area contributed by atoms with Crippen molar-refractivity contribution in [3.63, 3.8) is 0 Å². The fourth-order valence-electron chi connectivity index (χ4n) is 4.43. The minimum absolute atomic E-state index is 0.240. The van der Waals surface area contributed by atoms with Crippen molar-refractivity contribution >= 4 is 5.91 Å². The lowest BCUT2D eigenvalue weighted by atomic mass is 9.91. The van der Waals surface area contributed by atoms with Crippen molar-refractivity contribution < 1.29 is 18.3 Å². The van der Waals surface area contributed by atoms with Crippen LogP contribution in [0, 0.1) is 31.4 Å². The summed E-state index contributed by atoms with van der Waals surface area (Å²) in [4.78, 5) is 16.7. The zero-order valence-electron chi connectivity index (χ0n) is 21.0. The first-order chi connectivity index (χ1) is 16.2. The number of likely N-dealkylation sites (tertiary alicyclic amines) is 1. The zero-order chi connectivity index (χ0) is 24.8. The van der Waals surface area contributed by atoms with Gasteiger partial charge in [-0.15, -0.1) is 0 Å². The number of ether oxygens (including phenoxy) is 1. The van der Waals surface area contributed by atoms with Crippen LogP contribution in [0.3, 0.4) is 0 Å². The summed E-state index contributed by atoms with van der Waals surface area (Å²) in [6, 6.07) is 7.90. The van der Waals surface area contributed by atoms with Gasteiger partial charge in [0.1, 0.15) is 22.9 Å². The van der Waals surface area contributed by atoms with E-state index in [-0.39, 0.29) is 12.0 Å². The van der Waals surface area contributed by atoms with Gasteiger partial charge in [0.25, 0.3) is 5.91 Å². The number of benzene rings is 2. The molecule has 34 heavy (non-hydrogen) atoms. The van der Waals surface area contributed by atoms with Gasteiger partial charge in [0.15, 0.2) is 0 Å². The molecular formula is C27H37F2N3O2. The van der Waals surface area contributed by atoms with E-state index in [0.29, 0.717) is 6.54 Å². The molecule has 5 nitrogen and oxygen atoms in total. The first kappa shape index (κ1) is 26.1. The summed E-state index contributed by atoms with van der Waals surface area (Å²) >= 11 is 0. The number of nitrogens with one attached hydrogen (secondary N) is 1. The average molecular weight is 474 g/mol. The molecule has 1 aliphatic heterocycles. The highest BCUT2D eigenvalue weighted by molar-refractivity contribution is 5.94. The van der Waals surface area contributed by atoms with E-state index >= 15 is 0 Å². The van der Waals surface area contributed by atoms with Gasteiger partial charge >= 0.3 is 0 Å². The number of carbonyl (C=O) groups is 1. The Hall–Kier alpha value is -2.51. The van der Waals surface area contributed by atoms with Gasteiger partial charge < -0.3 is 15.0 Å². The lowest BCUT2D eigenvalue weighted by Gasteiger charge is -2.44. The quantitative estimate of drug-likeness (QED) is 0.480. The monoisotopic (exact) mass is 473 g/mol. The second-order valence-corrected chi connectivity index (χ2v) is 9.56. The number of unbranched alkanes of at least 4 members (excludes halogenated alkanes) is 1. The molecular weight excluding hydrogens is 436 g/mol. The van der Waals surface area contributed by atoms with E-state index in [1.165, 1.54) is 22.8 Å². The number of rotatable bonds is 11. The second-order valence-electron chi connectivity index (χ2n) is 9.56. The maximum absolute atomic E-state index is 13.8. The predicted molar refractivity (Wildman–Crippen MR) is 131 cm³/mol. The molecule has 0 aromatic heterocycles. The van der Waals surface area contributed by atoms with Gasteiger partial charge in [-0.05, 0) is 89.1 Å². The van der Waals surface area contributed by atoms with Crippen molar-refractivity contribution in [1.82, 2.24) is 15.1 Å². The van der Waals surface area contributed by atoms with E-state index in [9.17, 15) is 13.6 Å². The van der Waals surface area contributed by atoms with Crippen molar-refractivity contribution in [2.45, 2.75) is 39.7 Å². The third kappa shape index (κ3) is 6.33. The lowest BCUT2D eigenvalue weighted by molar-refractivity contribution is 0.0568. The Morgan fingerprint density at radius 1 is 1.12 bits per heavy atom. The molecule has 1 N–H and O–H groups in total. The van der Waals surface area contributed by atoms with Crippen LogP contribution in [0.4, 0.5) is 8.78 Å². The molecule has 1 amide bonds. The third-order valence-electron chi connectivity index (χ3n) is 6.76. The number of amides is 1. The summed E-state index contributed by atoms with van der Waals surface area (Å²) in [5, 5.41) is 2.68. The molecule has 186 valence electrons. The highest BCUT2D eigenvalue weighted by Gasteiger charge is 2.32. The molecule has 1 aliphatic rings. The first-order valence-electron chi connectivity index (χ1n) is 12.0. The Balaban J connectivity index is 1.48. The van der Waals surface area contributed by atoms with Crippen LogP contribution >= 0.6 is 0 Å². The van der Waals surface area contributed by atoms with E-state index in [2.05, 4.69) is 62.1 Å². The highest BCUT2D eigenvalue weighted by Crippen LogP contribution is 2.34. The van der Waals surface area contributed by atoms with Gasteiger partial charge in [-0.3, -0.25) is 9.69 Å². The molecule has 2 aromatic carbocycles. The van der Waals surface area contributed by atoms with Crippen LogP contribution < -0.4 is 10.1 Å². The van der Waals surface area contributed by atoms with Crippen molar-refractivity contribution in [2.24, 2.45) is 5.92 Å². The van der Waals surface area contributed by atoms with Crippen LogP contribution in [-0.2, 0) is 0 Å². The van der Waals surface area contributed by atoms with E-state index in [4.69, 9.17) is 4.74 Å². The highest BCUT2D eigenvalue weighted by atomic mass is 19.1. The van der Waals surface area contributed by atoms with Gasteiger partial charge in [-0.25, -0.2) is 8.78 Å². The Kier molecular flexibility index (Phi) is 9.03. The summed E-state index contributed by atoms with van der Waals surface area (Å²) in [6.45, 7) is 10.3. The summed E-state index contributed by atoms with van der Waals surface area (Å²) in [5.74, 6) is -1.18. The standard InChI is InChI=1S/C27H37F2N3O2/c1-18-19(2)25(34-14-7-6-13-31(4)5)12-11-22(18)20(3)32-16-21(17-32)15-30-27(33)26-23(28)9-8-10-24(26)29/h8-12,20-21H,6-7,13-17H2,1-5H3,(H,30,33). The number of carbonyl (C=O) groups excluding carboxylic acids is 1. The molecule has 0 spiro atoms. The average Bonchev–Trinajstić information content (AvgIpc) is 2.74. The predicted octanol–water partition coefficient (Wildman–Crippen LogP) is 4.73. The summed E-state index contributed by atoms with van der Waals surface area (Å²) in [6.07, 6.45) is 2.15. The molecule has 0 radical (unpaired) electrons. The minimum atomic E-state index is -0.840. The van der Waals surface area contributed by atoms with Crippen LogP contribution in [0.1, 0.15) is 52.9 Å². The zero-order valence-corrected chi connectivity index (χ0v) is 21.0. The number of hydrogen-bond acceptors (Lipinski definition) is 4. The molecule has 1 heterocycles. The normalized spacial score (nSPS) is 15.3. The Bertz CT molecular complexity index is 970. The molecule has 0 aliphatic carbocycles. The minimum Gasteiger partial charge on any atom is -0.493 e. The van der Waals surface area contributed by atoms with Crippen molar-refractivity contribution in [1.29, 1.82) is 0 Å². The topological polar surface area (TPSA) is 44.8 Å². The Labute approximate surface area is 202 Å². The summed E-state index contributed by atoms with van der Waals surface area (Å²) in [5.41, 5.74) is 3.17. The fraction of sp³-hybridized carbons (Fsp3) is 0.519. The summed E-state index contributed by atoms with van der Waals surface area (Å²) < 4.78 is 33.6. The van der Waals surface area contributed by atoms with Gasteiger partial charge in [0.05, 0.1) is 6.61 Å². The molecule has 1 fully saturated rings. The van der Waals surface area contributed by atoms with Crippen molar-refractivity contribution in [2.75, 3.05) is 46.9 Å². The molecule has 3 rings (SSSR count). The van der Waals surface area contributed by atoms with Crippen LogP contribution in [0.25, 0.3) is 0 Å². The lowest BCUT2D eigenvalue weighted by Crippen LogP contribution is -2.52. The van der Waals surface area contributed by atoms with Crippen LogP contribution in [0.5, 0.6) is 5.75 Å². The molecule has 2 aromatic rings. The smallest absolute Gasteiger partial charge is 0.257 e. The van der Waals surface area contributed by atoms with Crippen LogP contribution in [0.15, 0.2) is 30.3 Å². The van der Waals surface area contributed by atoms with Gasteiger partial charge in [-0.2, -0.15) is 0 Å². The van der Waals surface area contributed by atoms with Crippen LogP contribution in [-0.4, -0.2) is 62.6 Å². The maximum Gasteiger partial charge on any atom is 0.257 e. The molecule has 1 unspecified atom stereocenters. The number of halogens is 2. The Morgan fingerprint density at radius 3 is 2.44 bits per heavy atom. The van der Waals surface area contributed by atoms with Crippen molar-refractivity contribution in [3.05, 3.63) is 64.2 Å². The SMILES string of the molecule is Cc1c(OCCCCN(C)C)ccc(C(C)N2CC(CNC(=O)c3c(F)cccc3F)C2)c1C. The molecule has 0 bridgehead atoms. The van der Waals surface area contributed by atoms with Crippen molar-refractivity contribution in [3.8, 4) is 5.75 Å².